The Bertz CT molecular complexity index is 1030. The van der Waals surface area contributed by atoms with Crippen molar-refractivity contribution in [3.05, 3.63) is 53.6 Å². The van der Waals surface area contributed by atoms with Crippen molar-refractivity contribution >= 4 is 27.4 Å². The van der Waals surface area contributed by atoms with Gasteiger partial charge < -0.3 is 10.6 Å². The average molecular weight is 450 g/mol. The number of hydrogen-bond acceptors (Lipinski definition) is 5. The second-order valence-electron chi connectivity index (χ2n) is 7.71. The fourth-order valence-corrected chi connectivity index (χ4v) is 4.62. The summed E-state index contributed by atoms with van der Waals surface area (Å²) in [5.74, 6) is -0.383. The molecule has 0 radical (unpaired) electrons. The summed E-state index contributed by atoms with van der Waals surface area (Å²) >= 11 is 0. The van der Waals surface area contributed by atoms with E-state index in [-0.39, 0.29) is 11.8 Å². The van der Waals surface area contributed by atoms with E-state index in [0.717, 1.165) is 12.1 Å². The lowest BCUT2D eigenvalue weighted by Gasteiger charge is -2.24. The van der Waals surface area contributed by atoms with Crippen LogP contribution in [-0.4, -0.2) is 60.6 Å². The summed E-state index contributed by atoms with van der Waals surface area (Å²) in [5, 5.41) is 5.30. The number of hydrogen-bond donors (Lipinski definition) is 2. The van der Waals surface area contributed by atoms with Crippen LogP contribution in [0.15, 0.2) is 36.5 Å². The van der Waals surface area contributed by atoms with Gasteiger partial charge in [-0.05, 0) is 56.2 Å². The summed E-state index contributed by atoms with van der Waals surface area (Å²) < 4.78 is 39.8. The first-order chi connectivity index (χ1) is 14.7. The molecule has 31 heavy (non-hydrogen) atoms. The van der Waals surface area contributed by atoms with E-state index >= 15 is 0 Å². The number of urea groups is 1. The number of aromatic nitrogens is 1. The number of likely N-dealkylation sites (N-methyl/N-ethyl adjacent to an activating group) is 1. The largest absolute Gasteiger partial charge is 0.323 e. The van der Waals surface area contributed by atoms with Crippen molar-refractivity contribution in [2.75, 3.05) is 36.5 Å². The number of likely N-dealkylation sites (tertiary alicyclic amines) is 1. The second-order valence-corrected chi connectivity index (χ2v) is 10.0. The smallest absolute Gasteiger partial charge is 0.308 e. The molecule has 1 atom stereocenters. The molecular weight excluding hydrogens is 421 g/mol. The first-order valence-electron chi connectivity index (χ1n) is 10.1. The van der Waals surface area contributed by atoms with E-state index in [0.29, 0.717) is 36.6 Å². The van der Waals surface area contributed by atoms with Crippen molar-refractivity contribution < 1.29 is 17.6 Å². The zero-order chi connectivity index (χ0) is 22.6. The number of aryl methyl sites for hydroxylation is 1. The fraction of sp³-hybridized carbons (Fsp3) is 0.429. The second kappa shape index (κ2) is 9.71. The van der Waals surface area contributed by atoms with Crippen LogP contribution in [0.4, 0.5) is 20.6 Å². The van der Waals surface area contributed by atoms with Crippen LogP contribution in [0.2, 0.25) is 0 Å². The van der Waals surface area contributed by atoms with Crippen molar-refractivity contribution in [2.24, 2.45) is 0 Å². The molecule has 3 rings (SSSR count). The van der Waals surface area contributed by atoms with Crippen LogP contribution >= 0.6 is 0 Å². The van der Waals surface area contributed by atoms with Crippen molar-refractivity contribution in [1.82, 2.24) is 14.2 Å². The highest BCUT2D eigenvalue weighted by atomic mass is 32.2. The number of nitrogens with one attached hydrogen (secondary N) is 2. The van der Waals surface area contributed by atoms with Crippen molar-refractivity contribution in [3.8, 4) is 0 Å². The number of carbonyl (C=O) groups excluding carboxylic acids is 1. The topological polar surface area (TPSA) is 94.6 Å². The van der Waals surface area contributed by atoms with E-state index in [1.807, 2.05) is 6.92 Å². The van der Waals surface area contributed by atoms with Crippen LogP contribution in [0.5, 0.6) is 0 Å². The van der Waals surface area contributed by atoms with Gasteiger partial charge in [0.15, 0.2) is 0 Å². The molecule has 2 heterocycles. The number of rotatable bonds is 7. The zero-order valence-corrected chi connectivity index (χ0v) is 18.7. The molecule has 0 saturated carbocycles. The summed E-state index contributed by atoms with van der Waals surface area (Å²) in [5.41, 5.74) is 2.42. The van der Waals surface area contributed by atoms with Crippen LogP contribution in [0.1, 0.15) is 24.6 Å². The van der Waals surface area contributed by atoms with E-state index in [4.69, 9.17) is 0 Å². The molecule has 0 unspecified atom stereocenters. The van der Waals surface area contributed by atoms with E-state index in [9.17, 15) is 17.6 Å². The molecule has 10 heteroatoms. The van der Waals surface area contributed by atoms with Crippen LogP contribution < -0.4 is 10.6 Å². The van der Waals surface area contributed by atoms with Gasteiger partial charge in [0, 0.05) is 44.1 Å². The van der Waals surface area contributed by atoms with Crippen LogP contribution in [-0.2, 0) is 16.6 Å². The Morgan fingerprint density at radius 3 is 2.68 bits per heavy atom. The number of nitrogens with zero attached hydrogens (tertiary/aromatic N) is 3. The lowest BCUT2D eigenvalue weighted by molar-refractivity contribution is 0.262. The molecule has 1 aromatic carbocycles. The SMILES string of the molecule is CCS(=O)(=O)N(C)[C@H]1CCN(Cc2cc(F)cc(NC(=O)Nc3ccc(C)nc3)c2)C1. The highest BCUT2D eigenvalue weighted by molar-refractivity contribution is 7.89. The highest BCUT2D eigenvalue weighted by Gasteiger charge is 2.31. The van der Waals surface area contributed by atoms with Crippen LogP contribution in [0.25, 0.3) is 0 Å². The summed E-state index contributed by atoms with van der Waals surface area (Å²) in [4.78, 5) is 18.4. The molecule has 1 aliphatic heterocycles. The minimum Gasteiger partial charge on any atom is -0.308 e. The van der Waals surface area contributed by atoms with Gasteiger partial charge in [-0.2, -0.15) is 0 Å². The quantitative estimate of drug-likeness (QED) is 0.678. The highest BCUT2D eigenvalue weighted by Crippen LogP contribution is 2.22. The maximum atomic E-state index is 14.1. The molecule has 2 amide bonds. The Kier molecular flexibility index (Phi) is 7.24. The molecule has 0 bridgehead atoms. The number of benzene rings is 1. The number of anilines is 2. The first kappa shape index (κ1) is 23.1. The van der Waals surface area contributed by atoms with Gasteiger partial charge in [0.2, 0.25) is 10.0 Å². The predicted octanol–water partition coefficient (Wildman–Crippen LogP) is 3.03. The molecule has 8 nitrogen and oxygen atoms in total. The van der Waals surface area contributed by atoms with Gasteiger partial charge >= 0.3 is 6.03 Å². The monoisotopic (exact) mass is 449 g/mol. The van der Waals surface area contributed by atoms with Crippen LogP contribution in [0.3, 0.4) is 0 Å². The van der Waals surface area contributed by atoms with Crippen LogP contribution in [0, 0.1) is 12.7 Å². The number of amides is 2. The van der Waals surface area contributed by atoms with E-state index in [2.05, 4.69) is 20.5 Å². The Balaban J connectivity index is 1.61. The van der Waals surface area contributed by atoms with Gasteiger partial charge in [0.1, 0.15) is 5.82 Å². The molecule has 0 aliphatic carbocycles. The third kappa shape index (κ3) is 6.22. The zero-order valence-electron chi connectivity index (χ0n) is 17.9. The third-order valence-electron chi connectivity index (χ3n) is 5.36. The molecule has 1 fully saturated rings. The number of sulfonamides is 1. The lowest BCUT2D eigenvalue weighted by atomic mass is 10.2. The molecular formula is C21H28FN5O3S. The number of pyridine rings is 1. The molecule has 2 N–H and O–H groups in total. The van der Waals surface area contributed by atoms with Gasteiger partial charge in [0.25, 0.3) is 0 Å². The number of carbonyl (C=O) groups is 1. The Morgan fingerprint density at radius 2 is 2.00 bits per heavy atom. The van der Waals surface area contributed by atoms with E-state index in [1.54, 1.807) is 38.4 Å². The standard InChI is InChI=1S/C21H28FN5O3S/c1-4-31(29,30)26(3)20-7-8-27(14-20)13-16-9-17(22)11-19(10-16)25-21(28)24-18-6-5-15(2)23-12-18/h5-6,9-12,20H,4,7-8,13-14H2,1-3H3,(H2,24,25,28)/t20-/m0/s1. The normalized spacial score (nSPS) is 17.1. The van der Waals surface area contributed by atoms with Gasteiger partial charge in [-0.3, -0.25) is 9.88 Å². The van der Waals surface area contributed by atoms with Crippen molar-refractivity contribution in [1.29, 1.82) is 0 Å². The number of halogens is 1. The maximum absolute atomic E-state index is 14.1. The fourth-order valence-electron chi connectivity index (χ4n) is 3.59. The van der Waals surface area contributed by atoms with Gasteiger partial charge in [-0.1, -0.05) is 0 Å². The Labute approximate surface area is 182 Å². The van der Waals surface area contributed by atoms with Crippen molar-refractivity contribution in [2.45, 2.75) is 32.9 Å². The third-order valence-corrected chi connectivity index (χ3v) is 7.26. The Hall–Kier alpha value is -2.56. The summed E-state index contributed by atoms with van der Waals surface area (Å²) in [7, 11) is -1.63. The summed E-state index contributed by atoms with van der Waals surface area (Å²) in [6.07, 6.45) is 2.27. The predicted molar refractivity (Wildman–Crippen MR) is 119 cm³/mol. The van der Waals surface area contributed by atoms with Gasteiger partial charge in [0.05, 0.1) is 17.6 Å². The molecule has 2 aromatic rings. The molecule has 168 valence electrons. The minimum atomic E-state index is -3.25. The van der Waals surface area contributed by atoms with Gasteiger partial charge in [-0.15, -0.1) is 0 Å². The lowest BCUT2D eigenvalue weighted by Crippen LogP contribution is -2.39. The van der Waals surface area contributed by atoms with Gasteiger partial charge in [-0.25, -0.2) is 21.9 Å². The Morgan fingerprint density at radius 1 is 1.26 bits per heavy atom. The maximum Gasteiger partial charge on any atom is 0.323 e. The minimum absolute atomic E-state index is 0.0691. The van der Waals surface area contributed by atoms with E-state index in [1.165, 1.54) is 16.4 Å². The van der Waals surface area contributed by atoms with E-state index < -0.39 is 21.9 Å². The molecule has 1 aromatic heterocycles. The molecule has 0 spiro atoms. The molecule has 1 aliphatic rings. The average Bonchev–Trinajstić information content (AvgIpc) is 3.16. The summed E-state index contributed by atoms with van der Waals surface area (Å²) in [6, 6.07) is 7.33. The molecule has 1 saturated heterocycles. The van der Waals surface area contributed by atoms with Crippen molar-refractivity contribution in [3.63, 3.8) is 0 Å². The first-order valence-corrected chi connectivity index (χ1v) is 11.8. The summed E-state index contributed by atoms with van der Waals surface area (Å²) in [6.45, 7) is 5.24.